The summed E-state index contributed by atoms with van der Waals surface area (Å²) in [6, 6.07) is 11.7. The van der Waals surface area contributed by atoms with E-state index < -0.39 is 0 Å². The third kappa shape index (κ3) is 3.98. The lowest BCUT2D eigenvalue weighted by molar-refractivity contribution is -0.127. The minimum Gasteiger partial charge on any atom is -0.381 e. The van der Waals surface area contributed by atoms with Crippen LogP contribution in [0.3, 0.4) is 0 Å². The maximum atomic E-state index is 13.0. The van der Waals surface area contributed by atoms with Gasteiger partial charge < -0.3 is 15.0 Å². The van der Waals surface area contributed by atoms with E-state index in [-0.39, 0.29) is 30.2 Å². The Hall–Kier alpha value is -2.18. The van der Waals surface area contributed by atoms with Crippen LogP contribution in [0, 0.1) is 18.8 Å². The highest BCUT2D eigenvalue weighted by molar-refractivity contribution is 7.10. The Morgan fingerprint density at radius 1 is 1.29 bits per heavy atom. The summed E-state index contributed by atoms with van der Waals surface area (Å²) in [5.74, 6) is -0.0458. The number of anilines is 1. The molecule has 0 saturated carbocycles. The predicted octanol–water partition coefficient (Wildman–Crippen LogP) is 3.69. The first-order valence-corrected chi connectivity index (χ1v) is 10.8. The van der Waals surface area contributed by atoms with Crippen molar-refractivity contribution in [2.75, 3.05) is 24.7 Å². The minimum atomic E-state index is -0.378. The van der Waals surface area contributed by atoms with Crippen LogP contribution in [0.5, 0.6) is 0 Å². The Bertz CT molecular complexity index is 813. The number of hydrogen-bond donors (Lipinski definition) is 1. The average Bonchev–Trinajstić information content (AvgIpc) is 3.35. The van der Waals surface area contributed by atoms with Crippen LogP contribution in [-0.2, 0) is 14.3 Å². The number of carbonyl (C=O) groups is 2. The van der Waals surface area contributed by atoms with Gasteiger partial charge in [-0.05, 0) is 49.3 Å². The predicted molar refractivity (Wildman–Crippen MR) is 110 cm³/mol. The van der Waals surface area contributed by atoms with Gasteiger partial charge >= 0.3 is 0 Å². The van der Waals surface area contributed by atoms with Crippen LogP contribution in [-0.4, -0.2) is 31.6 Å². The molecule has 2 aliphatic rings. The first-order chi connectivity index (χ1) is 13.6. The van der Waals surface area contributed by atoms with Gasteiger partial charge in [-0.3, -0.25) is 9.59 Å². The molecular weight excluding hydrogens is 372 g/mol. The molecule has 0 aliphatic carbocycles. The molecule has 6 heteroatoms. The van der Waals surface area contributed by atoms with Crippen LogP contribution in [0.15, 0.2) is 41.8 Å². The maximum absolute atomic E-state index is 13.0. The van der Waals surface area contributed by atoms with Crippen LogP contribution in [0.1, 0.15) is 35.7 Å². The molecule has 1 aromatic carbocycles. The van der Waals surface area contributed by atoms with Crippen molar-refractivity contribution < 1.29 is 14.3 Å². The SMILES string of the molecule is Cc1ccc(N2C(=O)C[C@H](C(=O)NC[C@H]3CCCOC3)[C@H]2c2cccs2)cc1. The number of ether oxygens (including phenoxy) is 1. The molecule has 2 amide bonds. The molecule has 1 aromatic heterocycles. The number of rotatable bonds is 5. The molecular formula is C22H26N2O3S. The van der Waals surface area contributed by atoms with Crippen molar-refractivity contribution in [2.45, 2.75) is 32.2 Å². The monoisotopic (exact) mass is 398 g/mol. The zero-order valence-corrected chi connectivity index (χ0v) is 16.9. The van der Waals surface area contributed by atoms with Crippen molar-refractivity contribution in [3.8, 4) is 0 Å². The first kappa shape index (κ1) is 19.2. The fourth-order valence-electron chi connectivity index (χ4n) is 4.11. The number of amides is 2. The molecule has 28 heavy (non-hydrogen) atoms. The summed E-state index contributed by atoms with van der Waals surface area (Å²) < 4.78 is 5.51. The molecule has 4 rings (SSSR count). The van der Waals surface area contributed by atoms with E-state index in [2.05, 4.69) is 5.32 Å². The molecule has 148 valence electrons. The zero-order valence-electron chi connectivity index (χ0n) is 16.1. The second-order valence-electron chi connectivity index (χ2n) is 7.70. The summed E-state index contributed by atoms with van der Waals surface area (Å²) in [5, 5.41) is 5.09. The van der Waals surface area contributed by atoms with Crippen molar-refractivity contribution >= 4 is 28.8 Å². The quantitative estimate of drug-likeness (QED) is 0.836. The smallest absolute Gasteiger partial charge is 0.228 e. The van der Waals surface area contributed by atoms with Gasteiger partial charge in [0.25, 0.3) is 0 Å². The molecule has 0 radical (unpaired) electrons. The molecule has 0 bridgehead atoms. The van der Waals surface area contributed by atoms with Crippen LogP contribution >= 0.6 is 11.3 Å². The molecule has 2 aliphatic heterocycles. The van der Waals surface area contributed by atoms with Crippen molar-refractivity contribution in [1.82, 2.24) is 5.32 Å². The van der Waals surface area contributed by atoms with Crippen molar-refractivity contribution in [3.63, 3.8) is 0 Å². The molecule has 2 fully saturated rings. The summed E-state index contributed by atoms with van der Waals surface area (Å²) >= 11 is 1.60. The topological polar surface area (TPSA) is 58.6 Å². The summed E-state index contributed by atoms with van der Waals surface area (Å²) in [4.78, 5) is 28.8. The van der Waals surface area contributed by atoms with Gasteiger partial charge in [-0.2, -0.15) is 0 Å². The van der Waals surface area contributed by atoms with Gasteiger partial charge in [-0.15, -0.1) is 11.3 Å². The second kappa shape index (κ2) is 8.45. The van der Waals surface area contributed by atoms with Gasteiger partial charge in [0.2, 0.25) is 11.8 Å². The number of aryl methyl sites for hydroxylation is 1. The standard InChI is InChI=1S/C22H26N2O3S/c1-15-6-8-17(9-7-15)24-20(25)12-18(21(24)19-5-3-11-28-19)22(26)23-13-16-4-2-10-27-14-16/h3,5-9,11,16,18,21H,2,4,10,12-14H2,1H3,(H,23,26)/t16-,18+,21+/m1/s1. The van der Waals surface area contributed by atoms with Crippen molar-refractivity contribution in [2.24, 2.45) is 11.8 Å². The number of thiophene rings is 1. The number of nitrogens with zero attached hydrogens (tertiary/aromatic N) is 1. The Kier molecular flexibility index (Phi) is 5.78. The Morgan fingerprint density at radius 2 is 2.11 bits per heavy atom. The van der Waals surface area contributed by atoms with E-state index in [0.717, 1.165) is 35.6 Å². The van der Waals surface area contributed by atoms with Gasteiger partial charge in [-0.25, -0.2) is 0 Å². The molecule has 5 nitrogen and oxygen atoms in total. The molecule has 0 unspecified atom stereocenters. The summed E-state index contributed by atoms with van der Waals surface area (Å²) in [6.07, 6.45) is 2.36. The molecule has 3 atom stereocenters. The molecule has 3 heterocycles. The molecule has 2 aromatic rings. The van der Waals surface area contributed by atoms with Crippen LogP contribution in [0.25, 0.3) is 0 Å². The van der Waals surface area contributed by atoms with E-state index >= 15 is 0 Å². The largest absolute Gasteiger partial charge is 0.381 e. The van der Waals surface area contributed by atoms with Gasteiger partial charge in [0, 0.05) is 30.1 Å². The molecule has 1 N–H and O–H groups in total. The Morgan fingerprint density at radius 3 is 2.79 bits per heavy atom. The number of hydrogen-bond acceptors (Lipinski definition) is 4. The summed E-state index contributed by atoms with van der Waals surface area (Å²) in [5.41, 5.74) is 2.00. The van der Waals surface area contributed by atoms with E-state index in [9.17, 15) is 9.59 Å². The average molecular weight is 399 g/mol. The van der Waals surface area contributed by atoms with E-state index in [1.165, 1.54) is 0 Å². The zero-order chi connectivity index (χ0) is 19.5. The number of carbonyl (C=O) groups excluding carboxylic acids is 2. The van der Waals surface area contributed by atoms with Crippen molar-refractivity contribution in [3.05, 3.63) is 52.2 Å². The van der Waals surface area contributed by atoms with Crippen LogP contribution in [0.4, 0.5) is 5.69 Å². The van der Waals surface area contributed by atoms with E-state index in [1.54, 1.807) is 16.2 Å². The summed E-state index contributed by atoms with van der Waals surface area (Å²) in [6.45, 7) is 4.16. The van der Waals surface area contributed by atoms with Gasteiger partial charge in [0.15, 0.2) is 0 Å². The van der Waals surface area contributed by atoms with E-state index in [1.807, 2.05) is 48.7 Å². The lowest BCUT2D eigenvalue weighted by atomic mass is 9.96. The number of nitrogens with one attached hydrogen (secondary N) is 1. The highest BCUT2D eigenvalue weighted by atomic mass is 32.1. The van der Waals surface area contributed by atoms with E-state index in [0.29, 0.717) is 19.1 Å². The Labute approximate surface area is 169 Å². The third-order valence-electron chi connectivity index (χ3n) is 5.63. The van der Waals surface area contributed by atoms with Gasteiger partial charge in [-0.1, -0.05) is 23.8 Å². The number of benzene rings is 1. The summed E-state index contributed by atoms with van der Waals surface area (Å²) in [7, 11) is 0. The molecule has 2 saturated heterocycles. The fourth-order valence-corrected chi connectivity index (χ4v) is 4.99. The van der Waals surface area contributed by atoms with Crippen molar-refractivity contribution in [1.29, 1.82) is 0 Å². The second-order valence-corrected chi connectivity index (χ2v) is 8.68. The lowest BCUT2D eigenvalue weighted by Gasteiger charge is -2.28. The first-order valence-electron chi connectivity index (χ1n) is 9.91. The maximum Gasteiger partial charge on any atom is 0.228 e. The van der Waals surface area contributed by atoms with E-state index in [4.69, 9.17) is 4.74 Å². The van der Waals surface area contributed by atoms with Crippen LogP contribution in [0.2, 0.25) is 0 Å². The lowest BCUT2D eigenvalue weighted by Crippen LogP contribution is -2.39. The highest BCUT2D eigenvalue weighted by Crippen LogP contribution is 2.43. The molecule has 0 spiro atoms. The normalized spacial score (nSPS) is 25.1. The van der Waals surface area contributed by atoms with Gasteiger partial charge in [0.05, 0.1) is 18.6 Å². The Balaban J connectivity index is 1.55. The third-order valence-corrected chi connectivity index (χ3v) is 6.57. The fraction of sp³-hybridized carbons (Fsp3) is 0.455. The minimum absolute atomic E-state index is 0.00315. The highest BCUT2D eigenvalue weighted by Gasteiger charge is 2.45. The van der Waals surface area contributed by atoms with Crippen LogP contribution < -0.4 is 10.2 Å². The van der Waals surface area contributed by atoms with Gasteiger partial charge in [0.1, 0.15) is 0 Å².